The number of nitrogens with zero attached hydrogens (tertiary/aromatic N) is 3. The first-order chi connectivity index (χ1) is 12.0. The van der Waals surface area contributed by atoms with Gasteiger partial charge in [0.2, 0.25) is 0 Å². The van der Waals surface area contributed by atoms with E-state index >= 15 is 0 Å². The maximum atomic E-state index is 10.9. The zero-order valence-corrected chi connectivity index (χ0v) is 15.0. The zero-order valence-electron chi connectivity index (χ0n) is 14.2. The quantitative estimate of drug-likeness (QED) is 0.680. The number of hydrogen-bond acceptors (Lipinski definition) is 5. The second kappa shape index (κ2) is 7.58. The number of carbonyl (C=O) groups is 1. The molecule has 0 radical (unpaired) electrons. The minimum Gasteiger partial charge on any atom is -0.478 e. The molecule has 2 heterocycles. The Hall–Kier alpha value is -2.51. The number of aromatic nitrogens is 3. The Morgan fingerprint density at radius 3 is 2.52 bits per heavy atom. The highest BCUT2D eigenvalue weighted by Gasteiger charge is 2.06. The molecule has 130 valence electrons. The van der Waals surface area contributed by atoms with Crippen molar-refractivity contribution in [3.63, 3.8) is 0 Å². The van der Waals surface area contributed by atoms with Crippen LogP contribution in [0.5, 0.6) is 0 Å². The van der Waals surface area contributed by atoms with Crippen molar-refractivity contribution < 1.29 is 9.90 Å². The van der Waals surface area contributed by atoms with Gasteiger partial charge in [-0.05, 0) is 25.0 Å². The monoisotopic (exact) mass is 356 g/mol. The molecule has 2 N–H and O–H groups in total. The predicted octanol–water partition coefficient (Wildman–Crippen LogP) is 2.99. The summed E-state index contributed by atoms with van der Waals surface area (Å²) in [5.41, 5.74) is 3.59. The van der Waals surface area contributed by atoms with Gasteiger partial charge in [-0.3, -0.25) is 4.68 Å². The average molecular weight is 356 g/mol. The van der Waals surface area contributed by atoms with Crippen LogP contribution in [0.2, 0.25) is 0 Å². The van der Waals surface area contributed by atoms with Crippen molar-refractivity contribution in [3.05, 3.63) is 68.9 Å². The normalized spacial score (nSPS) is 11.0. The van der Waals surface area contributed by atoms with Crippen LogP contribution < -0.4 is 5.32 Å². The number of benzene rings is 1. The number of nitrogens with one attached hydrogen (secondary N) is 1. The van der Waals surface area contributed by atoms with E-state index in [1.807, 2.05) is 26.0 Å². The summed E-state index contributed by atoms with van der Waals surface area (Å²) in [5.74, 6) is -0.959. The molecule has 0 spiro atoms. The van der Waals surface area contributed by atoms with Crippen LogP contribution in [0.4, 0.5) is 0 Å². The molecule has 2 aromatic heterocycles. The number of aromatic carboxylic acids is 1. The summed E-state index contributed by atoms with van der Waals surface area (Å²) < 4.78 is 1.63. The molecule has 3 aromatic rings. The minimum atomic E-state index is -0.959. The van der Waals surface area contributed by atoms with Crippen molar-refractivity contribution >= 4 is 17.3 Å². The topological polar surface area (TPSA) is 80.0 Å². The lowest BCUT2D eigenvalue weighted by Gasteiger charge is -2.06. The van der Waals surface area contributed by atoms with Gasteiger partial charge in [-0.1, -0.05) is 24.3 Å². The summed E-state index contributed by atoms with van der Waals surface area (Å²) >= 11 is 1.73. The summed E-state index contributed by atoms with van der Waals surface area (Å²) in [6, 6.07) is 8.24. The van der Waals surface area contributed by atoms with Gasteiger partial charge in [0.05, 0.1) is 29.0 Å². The lowest BCUT2D eigenvalue weighted by Crippen LogP contribution is -2.12. The van der Waals surface area contributed by atoms with Gasteiger partial charge in [-0.25, -0.2) is 9.78 Å². The summed E-state index contributed by atoms with van der Waals surface area (Å²) in [4.78, 5) is 16.6. The highest BCUT2D eigenvalue weighted by Crippen LogP contribution is 2.16. The van der Waals surface area contributed by atoms with Gasteiger partial charge in [-0.15, -0.1) is 11.3 Å². The van der Waals surface area contributed by atoms with Crippen LogP contribution in [0, 0.1) is 13.8 Å². The molecule has 1 aromatic carbocycles. The second-order valence-electron chi connectivity index (χ2n) is 5.89. The smallest absolute Gasteiger partial charge is 0.338 e. The lowest BCUT2D eigenvalue weighted by atomic mass is 10.1. The number of carboxylic acids is 1. The Balaban J connectivity index is 1.53. The Kier molecular flexibility index (Phi) is 5.25. The van der Waals surface area contributed by atoms with E-state index in [9.17, 15) is 4.79 Å². The van der Waals surface area contributed by atoms with E-state index in [0.717, 1.165) is 29.4 Å². The molecule has 0 aliphatic carbocycles. The fourth-order valence-corrected chi connectivity index (χ4v) is 3.47. The van der Waals surface area contributed by atoms with Gasteiger partial charge >= 0.3 is 5.97 Å². The Morgan fingerprint density at radius 1 is 1.20 bits per heavy atom. The fourth-order valence-electron chi connectivity index (χ4n) is 2.57. The van der Waals surface area contributed by atoms with Crippen molar-refractivity contribution in [1.82, 2.24) is 20.1 Å². The van der Waals surface area contributed by atoms with Crippen LogP contribution in [0.3, 0.4) is 0 Å². The number of rotatable bonds is 7. The standard InChI is InChI=1S/C18H20N4O2S/c1-12-17(25-13(2)21-12)9-19-7-14-3-5-15(6-4-14)10-22-11-16(8-20-22)18(23)24/h3-6,8,11,19H,7,9-10H2,1-2H3,(H,23,24). The molecular formula is C18H20N4O2S. The summed E-state index contributed by atoms with van der Waals surface area (Å²) in [6.45, 7) is 6.24. The summed E-state index contributed by atoms with van der Waals surface area (Å²) in [7, 11) is 0. The average Bonchev–Trinajstić information content (AvgIpc) is 3.16. The van der Waals surface area contributed by atoms with Crippen LogP contribution in [-0.4, -0.2) is 25.8 Å². The maximum absolute atomic E-state index is 10.9. The van der Waals surface area contributed by atoms with Gasteiger partial charge < -0.3 is 10.4 Å². The molecule has 0 atom stereocenters. The molecule has 3 rings (SSSR count). The van der Waals surface area contributed by atoms with E-state index in [0.29, 0.717) is 6.54 Å². The second-order valence-corrected chi connectivity index (χ2v) is 7.18. The third kappa shape index (κ3) is 4.52. The SMILES string of the molecule is Cc1nc(C)c(CNCc2ccc(Cn3cc(C(=O)O)cn3)cc2)s1. The van der Waals surface area contributed by atoms with Gasteiger partial charge in [0.1, 0.15) is 0 Å². The summed E-state index contributed by atoms with van der Waals surface area (Å²) in [6.07, 6.45) is 2.90. The largest absolute Gasteiger partial charge is 0.478 e. The van der Waals surface area contributed by atoms with Crippen molar-refractivity contribution in [2.45, 2.75) is 33.5 Å². The minimum absolute atomic E-state index is 0.203. The van der Waals surface area contributed by atoms with Crippen LogP contribution in [0.25, 0.3) is 0 Å². The van der Waals surface area contributed by atoms with E-state index in [2.05, 4.69) is 27.5 Å². The van der Waals surface area contributed by atoms with Gasteiger partial charge in [0.25, 0.3) is 0 Å². The molecule has 0 fully saturated rings. The van der Waals surface area contributed by atoms with Crippen molar-refractivity contribution in [1.29, 1.82) is 0 Å². The molecular weight excluding hydrogens is 336 g/mol. The van der Waals surface area contributed by atoms with Gasteiger partial charge in [-0.2, -0.15) is 5.10 Å². The molecule has 25 heavy (non-hydrogen) atoms. The molecule has 0 aliphatic heterocycles. The fraction of sp³-hybridized carbons (Fsp3) is 0.278. The molecule has 0 unspecified atom stereocenters. The van der Waals surface area contributed by atoms with E-state index < -0.39 is 5.97 Å². The van der Waals surface area contributed by atoms with Crippen LogP contribution in [-0.2, 0) is 19.6 Å². The van der Waals surface area contributed by atoms with E-state index in [-0.39, 0.29) is 5.56 Å². The van der Waals surface area contributed by atoms with Crippen molar-refractivity contribution in [2.75, 3.05) is 0 Å². The number of thiazole rings is 1. The third-order valence-electron chi connectivity index (χ3n) is 3.86. The van der Waals surface area contributed by atoms with E-state index in [4.69, 9.17) is 5.11 Å². The van der Waals surface area contributed by atoms with Gasteiger partial charge in [0.15, 0.2) is 0 Å². The van der Waals surface area contributed by atoms with Crippen molar-refractivity contribution in [3.8, 4) is 0 Å². The molecule has 7 heteroatoms. The first-order valence-electron chi connectivity index (χ1n) is 7.98. The number of hydrogen-bond donors (Lipinski definition) is 2. The van der Waals surface area contributed by atoms with Crippen LogP contribution in [0.1, 0.15) is 37.1 Å². The van der Waals surface area contributed by atoms with Crippen LogP contribution in [0.15, 0.2) is 36.7 Å². The molecule has 6 nitrogen and oxygen atoms in total. The summed E-state index contributed by atoms with van der Waals surface area (Å²) in [5, 5.41) is 17.5. The van der Waals surface area contributed by atoms with E-state index in [1.54, 1.807) is 16.0 Å². The molecule has 0 saturated carbocycles. The van der Waals surface area contributed by atoms with Crippen LogP contribution >= 0.6 is 11.3 Å². The highest BCUT2D eigenvalue weighted by molar-refractivity contribution is 7.11. The van der Waals surface area contributed by atoms with Crippen molar-refractivity contribution in [2.24, 2.45) is 0 Å². The zero-order chi connectivity index (χ0) is 17.8. The lowest BCUT2D eigenvalue weighted by molar-refractivity contribution is 0.0697. The number of aryl methyl sites for hydroxylation is 2. The van der Waals surface area contributed by atoms with Gasteiger partial charge in [0, 0.05) is 24.2 Å². The molecule has 0 aliphatic rings. The third-order valence-corrected chi connectivity index (χ3v) is 4.93. The highest BCUT2D eigenvalue weighted by atomic mass is 32.1. The first kappa shape index (κ1) is 17.3. The number of carboxylic acid groups (broad SMARTS) is 1. The molecule has 0 bridgehead atoms. The Morgan fingerprint density at radius 2 is 1.92 bits per heavy atom. The van der Waals surface area contributed by atoms with E-state index in [1.165, 1.54) is 22.8 Å². The first-order valence-corrected chi connectivity index (χ1v) is 8.80. The maximum Gasteiger partial charge on any atom is 0.338 e. The Bertz CT molecular complexity index is 868. The molecule has 0 amide bonds. The predicted molar refractivity (Wildman–Crippen MR) is 96.9 cm³/mol. The molecule has 0 saturated heterocycles. The Labute approximate surface area is 150 Å².